The van der Waals surface area contributed by atoms with Crippen molar-refractivity contribution in [1.82, 2.24) is 4.90 Å². The Morgan fingerprint density at radius 2 is 1.53 bits per heavy atom. The van der Waals surface area contributed by atoms with Crippen molar-refractivity contribution < 1.29 is 4.74 Å². The monoisotopic (exact) mass is 399 g/mol. The van der Waals surface area contributed by atoms with Gasteiger partial charge in [0.05, 0.1) is 12.7 Å². The molecule has 0 aromatic heterocycles. The number of nitrogens with zero attached hydrogens (tertiary/aromatic N) is 1. The Bertz CT molecular complexity index is 906. The molecule has 1 aliphatic heterocycles. The molecule has 1 fully saturated rings. The first-order chi connectivity index (χ1) is 14.7. The quantitative estimate of drug-likeness (QED) is 0.480. The van der Waals surface area contributed by atoms with Gasteiger partial charge in [-0.1, -0.05) is 98.8 Å². The lowest BCUT2D eigenvalue weighted by Gasteiger charge is -2.37. The molecule has 2 atom stereocenters. The van der Waals surface area contributed by atoms with Gasteiger partial charge in [-0.25, -0.2) is 0 Å². The molecule has 156 valence electrons. The fourth-order valence-electron chi connectivity index (χ4n) is 4.64. The lowest BCUT2D eigenvalue weighted by atomic mass is 9.83. The lowest BCUT2D eigenvalue weighted by molar-refractivity contribution is -0.0445. The third-order valence-electron chi connectivity index (χ3n) is 6.22. The number of benzene rings is 3. The number of ether oxygens (including phenoxy) is 1. The van der Waals surface area contributed by atoms with Gasteiger partial charge in [0, 0.05) is 25.6 Å². The van der Waals surface area contributed by atoms with Crippen LogP contribution in [0, 0.1) is 0 Å². The van der Waals surface area contributed by atoms with Crippen LogP contribution in [0.4, 0.5) is 0 Å². The minimum atomic E-state index is 0.199. The number of hydrogen-bond acceptors (Lipinski definition) is 2. The molecule has 3 aromatic carbocycles. The summed E-state index contributed by atoms with van der Waals surface area (Å²) in [4.78, 5) is 2.55. The van der Waals surface area contributed by atoms with Crippen LogP contribution in [0.3, 0.4) is 0 Å². The SMILES string of the molecule is CC(C)c1ccccc1C[C@@H](c1ccccc1)[C@@H]1CN(Cc2ccccc2)CCO1. The van der Waals surface area contributed by atoms with E-state index in [0.717, 1.165) is 32.7 Å². The Balaban J connectivity index is 1.57. The summed E-state index contributed by atoms with van der Waals surface area (Å²) in [6, 6.07) is 30.6. The van der Waals surface area contributed by atoms with Crippen LogP contribution in [-0.2, 0) is 17.7 Å². The average Bonchev–Trinajstić information content (AvgIpc) is 2.79. The second-order valence-electron chi connectivity index (χ2n) is 8.70. The van der Waals surface area contributed by atoms with E-state index in [-0.39, 0.29) is 6.10 Å². The highest BCUT2D eigenvalue weighted by Gasteiger charge is 2.30. The third-order valence-corrected chi connectivity index (χ3v) is 6.22. The molecule has 0 radical (unpaired) electrons. The van der Waals surface area contributed by atoms with Crippen molar-refractivity contribution in [2.45, 2.75) is 44.8 Å². The minimum absolute atomic E-state index is 0.199. The molecule has 0 unspecified atom stereocenters. The van der Waals surface area contributed by atoms with E-state index in [1.807, 2.05) is 0 Å². The molecule has 0 spiro atoms. The Morgan fingerprint density at radius 1 is 0.867 bits per heavy atom. The van der Waals surface area contributed by atoms with E-state index in [1.165, 1.54) is 22.3 Å². The van der Waals surface area contributed by atoms with Crippen molar-refractivity contribution >= 4 is 0 Å². The summed E-state index contributed by atoms with van der Waals surface area (Å²) in [7, 11) is 0. The summed E-state index contributed by atoms with van der Waals surface area (Å²) >= 11 is 0. The fraction of sp³-hybridized carbons (Fsp3) is 0.357. The van der Waals surface area contributed by atoms with Gasteiger partial charge in [-0.05, 0) is 34.6 Å². The standard InChI is InChI=1S/C28H33NO/c1-22(2)26-16-10-9-15-25(26)19-27(24-13-7-4-8-14-24)28-21-29(17-18-30-28)20-23-11-5-3-6-12-23/h3-16,22,27-28H,17-21H2,1-2H3/t27-,28-/m0/s1. The molecule has 30 heavy (non-hydrogen) atoms. The largest absolute Gasteiger partial charge is 0.375 e. The summed E-state index contributed by atoms with van der Waals surface area (Å²) < 4.78 is 6.39. The maximum Gasteiger partial charge on any atom is 0.0774 e. The van der Waals surface area contributed by atoms with Gasteiger partial charge in [-0.2, -0.15) is 0 Å². The van der Waals surface area contributed by atoms with Crippen LogP contribution in [0.5, 0.6) is 0 Å². The Morgan fingerprint density at radius 3 is 2.27 bits per heavy atom. The van der Waals surface area contributed by atoms with Gasteiger partial charge in [0.15, 0.2) is 0 Å². The van der Waals surface area contributed by atoms with Crippen LogP contribution in [0.15, 0.2) is 84.9 Å². The topological polar surface area (TPSA) is 12.5 Å². The highest BCUT2D eigenvalue weighted by molar-refractivity contribution is 5.33. The van der Waals surface area contributed by atoms with Gasteiger partial charge in [-0.3, -0.25) is 4.90 Å². The fourth-order valence-corrected chi connectivity index (χ4v) is 4.64. The Hall–Kier alpha value is -2.42. The Labute approximate surface area is 181 Å². The first-order valence-corrected chi connectivity index (χ1v) is 11.2. The second kappa shape index (κ2) is 10.1. The molecule has 3 aromatic rings. The average molecular weight is 400 g/mol. The molecule has 0 saturated carbocycles. The molecule has 0 N–H and O–H groups in total. The maximum atomic E-state index is 6.39. The van der Waals surface area contributed by atoms with E-state index >= 15 is 0 Å². The van der Waals surface area contributed by atoms with Crippen molar-refractivity contribution in [2.24, 2.45) is 0 Å². The summed E-state index contributed by atoms with van der Waals surface area (Å²) in [5.41, 5.74) is 5.66. The van der Waals surface area contributed by atoms with E-state index in [9.17, 15) is 0 Å². The van der Waals surface area contributed by atoms with E-state index in [0.29, 0.717) is 11.8 Å². The predicted molar refractivity (Wildman–Crippen MR) is 125 cm³/mol. The highest BCUT2D eigenvalue weighted by Crippen LogP contribution is 2.31. The summed E-state index contributed by atoms with van der Waals surface area (Å²) in [5, 5.41) is 0. The van der Waals surface area contributed by atoms with Crippen molar-refractivity contribution in [3.8, 4) is 0 Å². The molecular weight excluding hydrogens is 366 g/mol. The van der Waals surface area contributed by atoms with Crippen LogP contribution in [0.25, 0.3) is 0 Å². The molecule has 0 bridgehead atoms. The number of morpholine rings is 1. The predicted octanol–water partition coefficient (Wildman–Crippen LogP) is 6.04. The smallest absolute Gasteiger partial charge is 0.0774 e. The zero-order valence-corrected chi connectivity index (χ0v) is 18.2. The van der Waals surface area contributed by atoms with Gasteiger partial charge in [0.2, 0.25) is 0 Å². The van der Waals surface area contributed by atoms with Gasteiger partial charge in [0.25, 0.3) is 0 Å². The van der Waals surface area contributed by atoms with E-state index in [1.54, 1.807) is 0 Å². The zero-order valence-electron chi connectivity index (χ0n) is 18.2. The number of hydrogen-bond donors (Lipinski definition) is 0. The summed E-state index contributed by atoms with van der Waals surface area (Å²) in [5.74, 6) is 0.879. The highest BCUT2D eigenvalue weighted by atomic mass is 16.5. The molecule has 4 rings (SSSR count). The van der Waals surface area contributed by atoms with Crippen molar-refractivity contribution in [1.29, 1.82) is 0 Å². The van der Waals surface area contributed by atoms with E-state index in [2.05, 4.69) is 104 Å². The maximum absolute atomic E-state index is 6.39. The molecule has 2 nitrogen and oxygen atoms in total. The molecule has 2 heteroatoms. The first kappa shape index (κ1) is 20.8. The van der Waals surface area contributed by atoms with Crippen molar-refractivity contribution in [2.75, 3.05) is 19.7 Å². The first-order valence-electron chi connectivity index (χ1n) is 11.2. The van der Waals surface area contributed by atoms with Crippen LogP contribution in [-0.4, -0.2) is 30.7 Å². The number of rotatable bonds is 7. The molecular formula is C28H33NO. The van der Waals surface area contributed by atoms with Crippen molar-refractivity contribution in [3.63, 3.8) is 0 Å². The van der Waals surface area contributed by atoms with Crippen LogP contribution < -0.4 is 0 Å². The molecule has 1 saturated heterocycles. The molecule has 0 amide bonds. The van der Waals surface area contributed by atoms with E-state index in [4.69, 9.17) is 4.74 Å². The van der Waals surface area contributed by atoms with Crippen molar-refractivity contribution in [3.05, 3.63) is 107 Å². The van der Waals surface area contributed by atoms with Crippen LogP contribution in [0.1, 0.15) is 47.9 Å². The minimum Gasteiger partial charge on any atom is -0.375 e. The van der Waals surface area contributed by atoms with Gasteiger partial charge < -0.3 is 4.74 Å². The van der Waals surface area contributed by atoms with Gasteiger partial charge in [0.1, 0.15) is 0 Å². The van der Waals surface area contributed by atoms with Crippen LogP contribution >= 0.6 is 0 Å². The van der Waals surface area contributed by atoms with Crippen LogP contribution in [0.2, 0.25) is 0 Å². The summed E-state index contributed by atoms with van der Waals surface area (Å²) in [6.45, 7) is 8.33. The zero-order chi connectivity index (χ0) is 20.8. The second-order valence-corrected chi connectivity index (χ2v) is 8.70. The normalized spacial score (nSPS) is 18.4. The molecule has 1 heterocycles. The Kier molecular flexibility index (Phi) is 6.99. The van der Waals surface area contributed by atoms with Gasteiger partial charge >= 0.3 is 0 Å². The summed E-state index contributed by atoms with van der Waals surface area (Å²) in [6.07, 6.45) is 1.22. The van der Waals surface area contributed by atoms with E-state index < -0.39 is 0 Å². The lowest BCUT2D eigenvalue weighted by Crippen LogP contribution is -2.45. The molecule has 0 aliphatic carbocycles. The van der Waals surface area contributed by atoms with Gasteiger partial charge in [-0.15, -0.1) is 0 Å². The molecule has 1 aliphatic rings. The third kappa shape index (κ3) is 5.19.